The summed E-state index contributed by atoms with van der Waals surface area (Å²) in [6, 6.07) is 7.33. The molecule has 7 heteroatoms. The number of aliphatic hydroxyl groups excluding tert-OH is 1. The SMILES string of the molecule is COc1ccc(OC2CCN(C(=O)[C@@H]3C[C@@H](O)CN3)CC2)cc1.Cl. The molecule has 0 bridgehead atoms. The van der Waals surface area contributed by atoms with Gasteiger partial charge in [0.2, 0.25) is 5.91 Å². The number of aliphatic hydroxyl groups is 1. The molecule has 24 heavy (non-hydrogen) atoms. The first-order valence-electron chi connectivity index (χ1n) is 8.16. The van der Waals surface area contributed by atoms with Gasteiger partial charge in [-0.05, 0) is 30.7 Å². The quantitative estimate of drug-likeness (QED) is 0.848. The van der Waals surface area contributed by atoms with Crippen molar-refractivity contribution in [3.63, 3.8) is 0 Å². The van der Waals surface area contributed by atoms with E-state index in [0.29, 0.717) is 26.1 Å². The molecule has 1 aromatic carbocycles. The number of hydrogen-bond donors (Lipinski definition) is 2. The summed E-state index contributed by atoms with van der Waals surface area (Å²) in [5, 5.41) is 12.6. The van der Waals surface area contributed by atoms with Gasteiger partial charge in [-0.15, -0.1) is 12.4 Å². The molecule has 0 radical (unpaired) electrons. The van der Waals surface area contributed by atoms with Gasteiger partial charge in [-0.3, -0.25) is 4.79 Å². The van der Waals surface area contributed by atoms with E-state index in [4.69, 9.17) is 9.47 Å². The number of halogens is 1. The highest BCUT2D eigenvalue weighted by Crippen LogP contribution is 2.22. The number of nitrogens with one attached hydrogen (secondary N) is 1. The predicted molar refractivity (Wildman–Crippen MR) is 92.9 cm³/mol. The van der Waals surface area contributed by atoms with E-state index in [9.17, 15) is 9.90 Å². The Morgan fingerprint density at radius 1 is 1.21 bits per heavy atom. The Hall–Kier alpha value is -1.50. The number of rotatable bonds is 4. The van der Waals surface area contributed by atoms with Crippen molar-refractivity contribution in [2.75, 3.05) is 26.7 Å². The molecule has 2 heterocycles. The highest BCUT2D eigenvalue weighted by atomic mass is 35.5. The molecule has 2 aliphatic heterocycles. The Morgan fingerprint density at radius 3 is 2.38 bits per heavy atom. The third-order valence-corrected chi connectivity index (χ3v) is 4.52. The van der Waals surface area contributed by atoms with Crippen LogP contribution in [0.25, 0.3) is 0 Å². The molecule has 2 N–H and O–H groups in total. The van der Waals surface area contributed by atoms with Crippen LogP contribution in [0.5, 0.6) is 11.5 Å². The maximum atomic E-state index is 12.4. The summed E-state index contributed by atoms with van der Waals surface area (Å²) in [5.74, 6) is 1.74. The largest absolute Gasteiger partial charge is 0.497 e. The van der Waals surface area contributed by atoms with Crippen LogP contribution in [-0.4, -0.2) is 60.9 Å². The molecule has 0 spiro atoms. The topological polar surface area (TPSA) is 71.0 Å². The summed E-state index contributed by atoms with van der Waals surface area (Å²) in [7, 11) is 1.64. The zero-order valence-electron chi connectivity index (χ0n) is 13.8. The van der Waals surface area contributed by atoms with E-state index in [1.54, 1.807) is 7.11 Å². The lowest BCUT2D eigenvalue weighted by atomic mass is 10.1. The van der Waals surface area contributed by atoms with Crippen LogP contribution in [0.3, 0.4) is 0 Å². The van der Waals surface area contributed by atoms with E-state index >= 15 is 0 Å². The first-order valence-corrected chi connectivity index (χ1v) is 8.16. The average molecular weight is 357 g/mol. The summed E-state index contributed by atoms with van der Waals surface area (Å²) in [6.45, 7) is 1.91. The fraction of sp³-hybridized carbons (Fsp3) is 0.588. The number of benzene rings is 1. The Bertz CT molecular complexity index is 532. The Morgan fingerprint density at radius 2 is 1.83 bits per heavy atom. The highest BCUT2D eigenvalue weighted by molar-refractivity contribution is 5.85. The molecule has 0 saturated carbocycles. The molecule has 6 nitrogen and oxygen atoms in total. The van der Waals surface area contributed by atoms with Gasteiger partial charge in [0.25, 0.3) is 0 Å². The number of β-amino-alcohol motifs (C(OH)–C–C–N with tert-alkyl or cyclic N) is 1. The van der Waals surface area contributed by atoms with Crippen molar-refractivity contribution in [2.24, 2.45) is 0 Å². The minimum Gasteiger partial charge on any atom is -0.497 e. The number of piperidine rings is 1. The predicted octanol–water partition coefficient (Wildman–Crippen LogP) is 1.21. The number of hydrogen-bond acceptors (Lipinski definition) is 5. The van der Waals surface area contributed by atoms with Gasteiger partial charge in [0.05, 0.1) is 19.3 Å². The molecular formula is C17H25ClN2O4. The van der Waals surface area contributed by atoms with Gasteiger partial charge in [-0.1, -0.05) is 0 Å². The van der Waals surface area contributed by atoms with Crippen LogP contribution < -0.4 is 14.8 Å². The molecule has 134 valence electrons. The Kier molecular flexibility index (Phi) is 6.71. The number of amides is 1. The van der Waals surface area contributed by atoms with Crippen molar-refractivity contribution < 1.29 is 19.4 Å². The van der Waals surface area contributed by atoms with E-state index < -0.39 is 6.10 Å². The van der Waals surface area contributed by atoms with Crippen LogP contribution in [0.4, 0.5) is 0 Å². The molecule has 2 aliphatic rings. The molecule has 1 aromatic rings. The third kappa shape index (κ3) is 4.53. The molecule has 2 fully saturated rings. The monoisotopic (exact) mass is 356 g/mol. The molecule has 1 amide bonds. The van der Waals surface area contributed by atoms with Crippen molar-refractivity contribution in [1.29, 1.82) is 0 Å². The van der Waals surface area contributed by atoms with E-state index in [1.807, 2.05) is 29.2 Å². The van der Waals surface area contributed by atoms with Crippen molar-refractivity contribution >= 4 is 18.3 Å². The lowest BCUT2D eigenvalue weighted by Crippen LogP contribution is -2.48. The summed E-state index contributed by atoms with van der Waals surface area (Å²) >= 11 is 0. The normalized spacial score (nSPS) is 24.3. The first kappa shape index (κ1) is 18.8. The third-order valence-electron chi connectivity index (χ3n) is 4.52. The lowest BCUT2D eigenvalue weighted by molar-refractivity contribution is -0.135. The Labute approximate surface area is 148 Å². The molecule has 2 saturated heterocycles. The minimum absolute atomic E-state index is 0. The summed E-state index contributed by atoms with van der Waals surface area (Å²) < 4.78 is 11.1. The van der Waals surface area contributed by atoms with Crippen molar-refractivity contribution in [3.8, 4) is 11.5 Å². The van der Waals surface area contributed by atoms with Crippen LogP contribution in [-0.2, 0) is 4.79 Å². The maximum absolute atomic E-state index is 12.4. The van der Waals surface area contributed by atoms with Crippen LogP contribution in [0.2, 0.25) is 0 Å². The summed E-state index contributed by atoms with van der Waals surface area (Å²) in [5.41, 5.74) is 0. The Balaban J connectivity index is 0.00000208. The number of methoxy groups -OCH3 is 1. The number of carbonyl (C=O) groups is 1. The highest BCUT2D eigenvalue weighted by Gasteiger charge is 2.33. The molecular weight excluding hydrogens is 332 g/mol. The van der Waals surface area contributed by atoms with Gasteiger partial charge < -0.3 is 24.8 Å². The van der Waals surface area contributed by atoms with Crippen LogP contribution in [0.15, 0.2) is 24.3 Å². The van der Waals surface area contributed by atoms with E-state index in [2.05, 4.69) is 5.32 Å². The van der Waals surface area contributed by atoms with Gasteiger partial charge in [0.1, 0.15) is 17.6 Å². The van der Waals surface area contributed by atoms with Gasteiger partial charge in [0.15, 0.2) is 0 Å². The van der Waals surface area contributed by atoms with E-state index in [0.717, 1.165) is 24.3 Å². The zero-order chi connectivity index (χ0) is 16.2. The van der Waals surface area contributed by atoms with E-state index in [-0.39, 0.29) is 30.5 Å². The van der Waals surface area contributed by atoms with Crippen molar-refractivity contribution in [3.05, 3.63) is 24.3 Å². The second-order valence-electron chi connectivity index (χ2n) is 6.17. The van der Waals surface area contributed by atoms with Gasteiger partial charge in [-0.2, -0.15) is 0 Å². The standard InChI is InChI=1S/C17H24N2O4.ClH/c1-22-13-2-4-14(5-3-13)23-15-6-8-19(9-7-15)17(21)16-10-12(20)11-18-16;/h2-5,12,15-16,18,20H,6-11H2,1H3;1H/t12-,16+;/m1./s1. The van der Waals surface area contributed by atoms with Crippen LogP contribution in [0.1, 0.15) is 19.3 Å². The maximum Gasteiger partial charge on any atom is 0.239 e. The molecule has 3 rings (SSSR count). The fourth-order valence-corrected chi connectivity index (χ4v) is 3.17. The number of ether oxygens (including phenoxy) is 2. The number of nitrogens with zero attached hydrogens (tertiary/aromatic N) is 1. The summed E-state index contributed by atoms with van der Waals surface area (Å²) in [4.78, 5) is 14.3. The molecule has 0 aromatic heterocycles. The first-order chi connectivity index (χ1) is 11.2. The minimum atomic E-state index is -0.403. The zero-order valence-corrected chi connectivity index (χ0v) is 14.6. The van der Waals surface area contributed by atoms with Crippen molar-refractivity contribution in [2.45, 2.75) is 37.5 Å². The molecule has 0 unspecified atom stereocenters. The van der Waals surface area contributed by atoms with Crippen molar-refractivity contribution in [1.82, 2.24) is 10.2 Å². The molecule has 2 atom stereocenters. The van der Waals surface area contributed by atoms with Crippen LogP contribution >= 0.6 is 12.4 Å². The fourth-order valence-electron chi connectivity index (χ4n) is 3.17. The second kappa shape index (κ2) is 8.55. The number of carbonyl (C=O) groups excluding carboxylic acids is 1. The molecule has 0 aliphatic carbocycles. The lowest BCUT2D eigenvalue weighted by Gasteiger charge is -2.33. The van der Waals surface area contributed by atoms with Gasteiger partial charge in [0, 0.05) is 32.5 Å². The number of likely N-dealkylation sites (tertiary alicyclic amines) is 1. The van der Waals surface area contributed by atoms with Gasteiger partial charge in [-0.25, -0.2) is 0 Å². The van der Waals surface area contributed by atoms with E-state index in [1.165, 1.54) is 0 Å². The second-order valence-corrected chi connectivity index (χ2v) is 6.17. The van der Waals surface area contributed by atoms with Crippen LogP contribution in [0, 0.1) is 0 Å². The smallest absolute Gasteiger partial charge is 0.239 e. The van der Waals surface area contributed by atoms with Gasteiger partial charge >= 0.3 is 0 Å². The summed E-state index contributed by atoms with van der Waals surface area (Å²) in [6.07, 6.45) is 1.90. The average Bonchev–Trinajstić information content (AvgIpc) is 3.02.